The molecule has 0 saturated carbocycles. The molecule has 0 aliphatic carbocycles. The largest absolute Gasteiger partial charge is 0.330 e. The first-order valence-corrected chi connectivity index (χ1v) is 5.39. The molecule has 0 aromatic carbocycles. The normalized spacial score (nSPS) is 12.3. The summed E-state index contributed by atoms with van der Waals surface area (Å²) < 4.78 is 0. The summed E-state index contributed by atoms with van der Waals surface area (Å²) in [7, 11) is 0. The van der Waals surface area contributed by atoms with Gasteiger partial charge in [0.15, 0.2) is 0 Å². The predicted molar refractivity (Wildman–Crippen MR) is 64.0 cm³/mol. The Hall–Kier alpha value is -1.74. The molecule has 3 nitrogen and oxygen atoms in total. The fourth-order valence-electron chi connectivity index (χ4n) is 1.78. The lowest BCUT2D eigenvalue weighted by Gasteiger charge is -2.14. The Labute approximate surface area is 95.4 Å². The average molecular weight is 213 g/mol. The Morgan fingerprint density at radius 3 is 2.06 bits per heavy atom. The van der Waals surface area contributed by atoms with Crippen molar-refractivity contribution in [1.82, 2.24) is 9.97 Å². The zero-order valence-electron chi connectivity index (χ0n) is 9.08. The lowest BCUT2D eigenvalue weighted by molar-refractivity contribution is 0.692. The van der Waals surface area contributed by atoms with E-state index in [0.29, 0.717) is 12.5 Å². The molecule has 1 atom stereocenters. The molecule has 2 heterocycles. The standard InChI is InChI=1S/C13H15N3/c14-10-13(12-3-7-16-8-4-12)9-11-1-5-15-6-2-11/h1-8,13H,9-10,14H2. The van der Waals surface area contributed by atoms with Gasteiger partial charge in [0, 0.05) is 30.7 Å². The number of hydrogen-bond donors (Lipinski definition) is 1. The molecule has 0 amide bonds. The molecule has 0 radical (unpaired) electrons. The second-order valence-electron chi connectivity index (χ2n) is 3.77. The van der Waals surface area contributed by atoms with Crippen molar-refractivity contribution in [1.29, 1.82) is 0 Å². The molecule has 2 N–H and O–H groups in total. The summed E-state index contributed by atoms with van der Waals surface area (Å²) in [6, 6.07) is 8.12. The Bertz CT molecular complexity index is 414. The highest BCUT2D eigenvalue weighted by Gasteiger charge is 2.09. The average Bonchev–Trinajstić information content (AvgIpc) is 2.38. The van der Waals surface area contributed by atoms with E-state index in [0.717, 1.165) is 6.42 Å². The predicted octanol–water partition coefficient (Wildman–Crippen LogP) is 1.76. The van der Waals surface area contributed by atoms with Gasteiger partial charge in [0.2, 0.25) is 0 Å². The first kappa shape index (κ1) is 10.8. The van der Waals surface area contributed by atoms with Crippen LogP contribution >= 0.6 is 0 Å². The van der Waals surface area contributed by atoms with Crippen LogP contribution in [0.2, 0.25) is 0 Å². The number of hydrogen-bond acceptors (Lipinski definition) is 3. The minimum Gasteiger partial charge on any atom is -0.330 e. The van der Waals surface area contributed by atoms with Gasteiger partial charge in [0.1, 0.15) is 0 Å². The van der Waals surface area contributed by atoms with Crippen molar-refractivity contribution in [2.45, 2.75) is 12.3 Å². The molecule has 0 fully saturated rings. The van der Waals surface area contributed by atoms with Gasteiger partial charge in [-0.3, -0.25) is 9.97 Å². The summed E-state index contributed by atoms with van der Waals surface area (Å²) in [5.41, 5.74) is 8.33. The topological polar surface area (TPSA) is 51.8 Å². The van der Waals surface area contributed by atoms with Crippen LogP contribution in [0, 0.1) is 0 Å². The van der Waals surface area contributed by atoms with Crippen LogP contribution in [0.3, 0.4) is 0 Å². The Kier molecular flexibility index (Phi) is 3.62. The summed E-state index contributed by atoms with van der Waals surface area (Å²) in [5, 5.41) is 0. The van der Waals surface area contributed by atoms with Crippen LogP contribution in [-0.2, 0) is 6.42 Å². The van der Waals surface area contributed by atoms with Crippen LogP contribution in [0.1, 0.15) is 17.0 Å². The first-order chi connectivity index (χ1) is 7.90. The van der Waals surface area contributed by atoms with E-state index in [1.807, 2.05) is 49.1 Å². The van der Waals surface area contributed by atoms with E-state index in [1.54, 1.807) is 0 Å². The van der Waals surface area contributed by atoms with E-state index in [4.69, 9.17) is 5.73 Å². The lowest BCUT2D eigenvalue weighted by Crippen LogP contribution is -2.15. The minimum absolute atomic E-state index is 0.352. The van der Waals surface area contributed by atoms with Gasteiger partial charge in [-0.05, 0) is 48.4 Å². The zero-order valence-corrected chi connectivity index (χ0v) is 9.08. The van der Waals surface area contributed by atoms with E-state index in [-0.39, 0.29) is 0 Å². The van der Waals surface area contributed by atoms with Gasteiger partial charge in [0.05, 0.1) is 0 Å². The van der Waals surface area contributed by atoms with Crippen LogP contribution in [0.5, 0.6) is 0 Å². The van der Waals surface area contributed by atoms with Crippen LogP contribution in [-0.4, -0.2) is 16.5 Å². The molecule has 0 aliphatic rings. The third kappa shape index (κ3) is 2.64. The molecular weight excluding hydrogens is 198 g/mol. The Morgan fingerprint density at radius 1 is 0.938 bits per heavy atom. The highest BCUT2D eigenvalue weighted by molar-refractivity contribution is 5.21. The molecule has 16 heavy (non-hydrogen) atoms. The van der Waals surface area contributed by atoms with Crippen LogP contribution in [0.25, 0.3) is 0 Å². The van der Waals surface area contributed by atoms with Crippen molar-refractivity contribution in [3.8, 4) is 0 Å². The highest BCUT2D eigenvalue weighted by Crippen LogP contribution is 2.18. The summed E-state index contributed by atoms with van der Waals surface area (Å²) in [4.78, 5) is 8.03. The monoisotopic (exact) mass is 213 g/mol. The van der Waals surface area contributed by atoms with Gasteiger partial charge in [-0.25, -0.2) is 0 Å². The highest BCUT2D eigenvalue weighted by atomic mass is 14.6. The van der Waals surface area contributed by atoms with Gasteiger partial charge in [-0.2, -0.15) is 0 Å². The first-order valence-electron chi connectivity index (χ1n) is 5.39. The van der Waals surface area contributed by atoms with Crippen molar-refractivity contribution in [3.63, 3.8) is 0 Å². The summed E-state index contributed by atoms with van der Waals surface area (Å²) in [6.07, 6.45) is 8.20. The molecule has 82 valence electrons. The van der Waals surface area contributed by atoms with Crippen molar-refractivity contribution in [2.75, 3.05) is 6.54 Å². The molecule has 0 saturated heterocycles. The van der Waals surface area contributed by atoms with Gasteiger partial charge in [0.25, 0.3) is 0 Å². The van der Waals surface area contributed by atoms with Crippen LogP contribution in [0.4, 0.5) is 0 Å². The smallest absolute Gasteiger partial charge is 0.0270 e. The molecule has 0 bridgehead atoms. The van der Waals surface area contributed by atoms with E-state index >= 15 is 0 Å². The van der Waals surface area contributed by atoms with E-state index in [9.17, 15) is 0 Å². The van der Waals surface area contributed by atoms with Crippen LogP contribution in [0.15, 0.2) is 49.1 Å². The Balaban J connectivity index is 2.13. The number of rotatable bonds is 4. The Morgan fingerprint density at radius 2 is 1.50 bits per heavy atom. The lowest BCUT2D eigenvalue weighted by atomic mass is 9.93. The van der Waals surface area contributed by atoms with E-state index < -0.39 is 0 Å². The summed E-state index contributed by atoms with van der Waals surface area (Å²) >= 11 is 0. The van der Waals surface area contributed by atoms with Gasteiger partial charge >= 0.3 is 0 Å². The number of aromatic nitrogens is 2. The summed E-state index contributed by atoms with van der Waals surface area (Å²) in [5.74, 6) is 0.352. The van der Waals surface area contributed by atoms with E-state index in [1.165, 1.54) is 11.1 Å². The third-order valence-electron chi connectivity index (χ3n) is 2.69. The van der Waals surface area contributed by atoms with Crippen molar-refractivity contribution < 1.29 is 0 Å². The number of pyridine rings is 2. The fraction of sp³-hybridized carbons (Fsp3) is 0.231. The van der Waals surface area contributed by atoms with Crippen molar-refractivity contribution >= 4 is 0 Å². The van der Waals surface area contributed by atoms with Crippen molar-refractivity contribution in [3.05, 3.63) is 60.2 Å². The van der Waals surface area contributed by atoms with E-state index in [2.05, 4.69) is 9.97 Å². The second kappa shape index (κ2) is 5.37. The molecular formula is C13H15N3. The van der Waals surface area contributed by atoms with Gasteiger partial charge < -0.3 is 5.73 Å². The van der Waals surface area contributed by atoms with Gasteiger partial charge in [-0.1, -0.05) is 0 Å². The molecule has 3 heteroatoms. The second-order valence-corrected chi connectivity index (χ2v) is 3.77. The minimum atomic E-state index is 0.352. The molecule has 0 spiro atoms. The SMILES string of the molecule is NCC(Cc1ccncc1)c1ccncc1. The maximum Gasteiger partial charge on any atom is 0.0270 e. The maximum atomic E-state index is 5.82. The summed E-state index contributed by atoms with van der Waals surface area (Å²) in [6.45, 7) is 0.645. The zero-order chi connectivity index (χ0) is 11.2. The molecule has 2 aromatic rings. The molecule has 1 unspecified atom stereocenters. The number of nitrogens with two attached hydrogens (primary N) is 1. The van der Waals surface area contributed by atoms with Crippen molar-refractivity contribution in [2.24, 2.45) is 5.73 Å². The molecule has 0 aliphatic heterocycles. The fourth-order valence-corrected chi connectivity index (χ4v) is 1.78. The molecule has 2 rings (SSSR count). The van der Waals surface area contributed by atoms with Crippen LogP contribution < -0.4 is 5.73 Å². The number of nitrogens with zero attached hydrogens (tertiary/aromatic N) is 2. The molecule has 2 aromatic heterocycles. The van der Waals surface area contributed by atoms with Gasteiger partial charge in [-0.15, -0.1) is 0 Å². The third-order valence-corrected chi connectivity index (χ3v) is 2.69. The maximum absolute atomic E-state index is 5.82. The quantitative estimate of drug-likeness (QED) is 0.842.